The summed E-state index contributed by atoms with van der Waals surface area (Å²) >= 11 is 1.37. The molecule has 25 heavy (non-hydrogen) atoms. The molecule has 0 aliphatic carbocycles. The molecule has 1 aromatic carbocycles. The largest absolute Gasteiger partial charge is 0.459 e. The molecule has 130 valence electrons. The Morgan fingerprint density at radius 1 is 1.28 bits per heavy atom. The lowest BCUT2D eigenvalue weighted by atomic mass is 9.97. The van der Waals surface area contributed by atoms with E-state index >= 15 is 0 Å². The van der Waals surface area contributed by atoms with E-state index in [1.807, 2.05) is 44.2 Å². The highest BCUT2D eigenvalue weighted by Gasteiger charge is 2.20. The molecule has 7 heteroatoms. The second-order valence-corrected chi connectivity index (χ2v) is 6.65. The summed E-state index contributed by atoms with van der Waals surface area (Å²) in [6.07, 6.45) is 1.39. The molecule has 0 N–H and O–H groups in total. The first kappa shape index (κ1) is 17.3. The summed E-state index contributed by atoms with van der Waals surface area (Å²) in [6, 6.07) is 10.9. The van der Waals surface area contributed by atoms with Gasteiger partial charge in [0.1, 0.15) is 11.6 Å². The number of hydrogen-bond acceptors (Lipinski definition) is 6. The van der Waals surface area contributed by atoms with Crippen molar-refractivity contribution in [1.29, 1.82) is 0 Å². The van der Waals surface area contributed by atoms with E-state index in [0.717, 1.165) is 17.0 Å². The third kappa shape index (κ3) is 3.76. The number of carbonyl (C=O) groups is 1. The van der Waals surface area contributed by atoms with Crippen molar-refractivity contribution in [3.63, 3.8) is 0 Å². The standard InChI is InChI=1S/C18H19N3O3S/c1-3-14(12-8-6-5-7-9-12)17(23)24-11-13-10-16(22)21-18(19-13)25-15(4-2)20-21/h5-10,14H,3-4,11H2,1-2H3/t14-/m0/s1. The van der Waals surface area contributed by atoms with Crippen LogP contribution in [0.2, 0.25) is 0 Å². The molecule has 0 spiro atoms. The Balaban J connectivity index is 1.75. The van der Waals surface area contributed by atoms with Crippen LogP contribution in [0.1, 0.15) is 42.5 Å². The number of hydrogen-bond donors (Lipinski definition) is 0. The zero-order valence-electron chi connectivity index (χ0n) is 14.1. The fourth-order valence-corrected chi connectivity index (χ4v) is 3.44. The molecule has 0 bridgehead atoms. The summed E-state index contributed by atoms with van der Waals surface area (Å²) in [5, 5.41) is 5.04. The van der Waals surface area contributed by atoms with Crippen LogP contribution in [0, 0.1) is 0 Å². The van der Waals surface area contributed by atoms with Gasteiger partial charge in [0.25, 0.3) is 5.56 Å². The van der Waals surface area contributed by atoms with E-state index in [1.165, 1.54) is 21.9 Å². The van der Waals surface area contributed by atoms with Gasteiger partial charge in [-0.25, -0.2) is 4.98 Å². The van der Waals surface area contributed by atoms with Crippen LogP contribution >= 0.6 is 11.3 Å². The van der Waals surface area contributed by atoms with Gasteiger partial charge in [-0.1, -0.05) is 55.5 Å². The summed E-state index contributed by atoms with van der Waals surface area (Å²) < 4.78 is 6.69. The minimum absolute atomic E-state index is 0.0206. The molecule has 6 nitrogen and oxygen atoms in total. The summed E-state index contributed by atoms with van der Waals surface area (Å²) in [5.74, 6) is -0.629. The molecule has 0 aliphatic heterocycles. The highest BCUT2D eigenvalue weighted by atomic mass is 32.1. The van der Waals surface area contributed by atoms with E-state index in [1.54, 1.807) is 0 Å². The van der Waals surface area contributed by atoms with Crippen LogP contribution in [0.5, 0.6) is 0 Å². The number of nitrogens with zero attached hydrogens (tertiary/aromatic N) is 3. The lowest BCUT2D eigenvalue weighted by Gasteiger charge is -2.14. The topological polar surface area (TPSA) is 73.6 Å². The summed E-state index contributed by atoms with van der Waals surface area (Å²) in [5.41, 5.74) is 1.10. The van der Waals surface area contributed by atoms with Crippen LogP contribution in [-0.4, -0.2) is 20.6 Å². The van der Waals surface area contributed by atoms with Gasteiger partial charge < -0.3 is 4.74 Å². The van der Waals surface area contributed by atoms with E-state index in [9.17, 15) is 9.59 Å². The summed E-state index contributed by atoms with van der Waals surface area (Å²) in [4.78, 5) is 29.4. The summed E-state index contributed by atoms with van der Waals surface area (Å²) in [6.45, 7) is 3.90. The van der Waals surface area contributed by atoms with Crippen LogP contribution in [0.15, 0.2) is 41.2 Å². The molecule has 0 unspecified atom stereocenters. The van der Waals surface area contributed by atoms with E-state index in [0.29, 0.717) is 17.1 Å². The molecule has 2 aromatic heterocycles. The normalized spacial score (nSPS) is 12.2. The Labute approximate surface area is 149 Å². The van der Waals surface area contributed by atoms with Crippen molar-refractivity contribution in [2.24, 2.45) is 0 Å². The Morgan fingerprint density at radius 2 is 2.04 bits per heavy atom. The van der Waals surface area contributed by atoms with Crippen molar-refractivity contribution >= 4 is 22.3 Å². The van der Waals surface area contributed by atoms with Gasteiger partial charge >= 0.3 is 5.97 Å². The highest BCUT2D eigenvalue weighted by molar-refractivity contribution is 7.16. The van der Waals surface area contributed by atoms with Crippen LogP contribution in [0.4, 0.5) is 0 Å². The lowest BCUT2D eigenvalue weighted by molar-refractivity contribution is -0.147. The molecule has 2 heterocycles. The first-order valence-corrected chi connectivity index (χ1v) is 9.04. The van der Waals surface area contributed by atoms with E-state index in [-0.39, 0.29) is 24.1 Å². The minimum atomic E-state index is -0.318. The third-order valence-corrected chi connectivity index (χ3v) is 4.95. The Morgan fingerprint density at radius 3 is 2.72 bits per heavy atom. The first-order chi connectivity index (χ1) is 12.1. The number of fused-ring (bicyclic) bond motifs is 1. The molecule has 0 saturated carbocycles. The molecule has 0 fully saturated rings. The van der Waals surface area contributed by atoms with Gasteiger partial charge in [-0.2, -0.15) is 9.61 Å². The van der Waals surface area contributed by atoms with Gasteiger partial charge in [-0.05, 0) is 18.4 Å². The number of benzene rings is 1. The Bertz CT molecular complexity index is 934. The molecule has 0 aliphatic rings. The number of ether oxygens (including phenoxy) is 1. The van der Waals surface area contributed by atoms with Gasteiger partial charge in [0.2, 0.25) is 4.96 Å². The highest BCUT2D eigenvalue weighted by Crippen LogP contribution is 2.21. The molecule has 3 rings (SSSR count). The second kappa shape index (κ2) is 7.57. The van der Waals surface area contributed by atoms with E-state index in [2.05, 4.69) is 10.1 Å². The third-order valence-electron chi connectivity index (χ3n) is 3.90. The molecule has 0 radical (unpaired) electrons. The van der Waals surface area contributed by atoms with Crippen molar-refractivity contribution in [2.45, 2.75) is 39.2 Å². The van der Waals surface area contributed by atoms with Crippen molar-refractivity contribution in [3.8, 4) is 0 Å². The number of rotatable bonds is 6. The van der Waals surface area contributed by atoms with Crippen molar-refractivity contribution in [3.05, 3.63) is 63.0 Å². The zero-order chi connectivity index (χ0) is 17.8. The monoisotopic (exact) mass is 357 g/mol. The number of aromatic nitrogens is 3. The molecule has 0 amide bonds. The SMILES string of the molecule is CCc1nn2c(=O)cc(COC(=O)[C@@H](CC)c3ccccc3)nc2s1. The van der Waals surface area contributed by atoms with Gasteiger partial charge in [-0.15, -0.1) is 0 Å². The second-order valence-electron chi connectivity index (χ2n) is 5.61. The van der Waals surface area contributed by atoms with Crippen LogP contribution in [0.3, 0.4) is 0 Å². The van der Waals surface area contributed by atoms with Crippen molar-refractivity contribution in [2.75, 3.05) is 0 Å². The van der Waals surface area contributed by atoms with Gasteiger partial charge in [0.15, 0.2) is 0 Å². The molecule has 1 atom stereocenters. The van der Waals surface area contributed by atoms with Crippen LogP contribution in [-0.2, 0) is 22.6 Å². The molecular weight excluding hydrogens is 338 g/mol. The molecular formula is C18H19N3O3S. The maximum atomic E-state index is 12.4. The Kier molecular flexibility index (Phi) is 5.23. The molecule has 3 aromatic rings. The van der Waals surface area contributed by atoms with Crippen molar-refractivity contribution in [1.82, 2.24) is 14.6 Å². The van der Waals surface area contributed by atoms with E-state index < -0.39 is 0 Å². The lowest BCUT2D eigenvalue weighted by Crippen LogP contribution is -2.18. The molecule has 0 saturated heterocycles. The summed E-state index contributed by atoms with van der Waals surface area (Å²) in [7, 11) is 0. The maximum absolute atomic E-state index is 12.4. The maximum Gasteiger partial charge on any atom is 0.313 e. The predicted octanol–water partition coefficient (Wildman–Crippen LogP) is 2.95. The van der Waals surface area contributed by atoms with E-state index in [4.69, 9.17) is 4.74 Å². The van der Waals surface area contributed by atoms with Crippen LogP contribution < -0.4 is 5.56 Å². The predicted molar refractivity (Wildman–Crippen MR) is 95.8 cm³/mol. The minimum Gasteiger partial charge on any atom is -0.459 e. The number of carbonyl (C=O) groups excluding carboxylic acids is 1. The van der Waals surface area contributed by atoms with Crippen LogP contribution in [0.25, 0.3) is 4.96 Å². The zero-order valence-corrected chi connectivity index (χ0v) is 15.0. The van der Waals surface area contributed by atoms with Gasteiger partial charge in [-0.3, -0.25) is 9.59 Å². The average molecular weight is 357 g/mol. The average Bonchev–Trinajstić information content (AvgIpc) is 3.05. The van der Waals surface area contributed by atoms with Gasteiger partial charge in [0, 0.05) is 6.07 Å². The number of aryl methyl sites for hydroxylation is 1. The first-order valence-electron chi connectivity index (χ1n) is 8.22. The number of esters is 1. The smallest absolute Gasteiger partial charge is 0.313 e. The quantitative estimate of drug-likeness (QED) is 0.634. The fraction of sp³-hybridized carbons (Fsp3) is 0.333. The van der Waals surface area contributed by atoms with Crippen molar-refractivity contribution < 1.29 is 9.53 Å². The van der Waals surface area contributed by atoms with Gasteiger partial charge in [0.05, 0.1) is 11.6 Å². The fourth-order valence-electron chi connectivity index (χ4n) is 2.58. The Hall–Kier alpha value is -2.54.